The number of esters is 2. The Kier molecular flexibility index (Phi) is 6.67. The van der Waals surface area contributed by atoms with Crippen LogP contribution in [0, 0.1) is 0 Å². The highest BCUT2D eigenvalue weighted by molar-refractivity contribution is 5.95. The Morgan fingerprint density at radius 2 is 1.86 bits per heavy atom. The largest absolute Gasteiger partial charge is 0.465 e. The Labute approximate surface area is 122 Å². The second-order valence-corrected chi connectivity index (χ2v) is 4.04. The Balaban J connectivity index is 2.46. The number of carbonyl (C=O) groups excluding carboxylic acids is 3. The van der Waals surface area contributed by atoms with E-state index in [-0.39, 0.29) is 6.61 Å². The number of benzene rings is 1. The van der Waals surface area contributed by atoms with Gasteiger partial charge in [0.15, 0.2) is 6.61 Å². The Morgan fingerprint density at radius 3 is 2.43 bits per heavy atom. The summed E-state index contributed by atoms with van der Waals surface area (Å²) >= 11 is 0. The third kappa shape index (κ3) is 5.90. The fraction of sp³-hybridized carbons (Fsp3) is 0.267. The normalized spacial score (nSPS) is 10.2. The van der Waals surface area contributed by atoms with Crippen molar-refractivity contribution >= 4 is 23.5 Å². The molecule has 0 bridgehead atoms. The first-order valence-electron chi connectivity index (χ1n) is 6.38. The number of anilines is 1. The third-order valence-corrected chi connectivity index (χ3v) is 2.42. The van der Waals surface area contributed by atoms with E-state index in [1.165, 1.54) is 25.3 Å². The molecule has 112 valence electrons. The molecule has 0 saturated heterocycles. The third-order valence-electron chi connectivity index (χ3n) is 2.42. The summed E-state index contributed by atoms with van der Waals surface area (Å²) in [5.41, 5.74) is 0.874. The topological polar surface area (TPSA) is 81.7 Å². The Hall–Kier alpha value is -2.63. The van der Waals surface area contributed by atoms with E-state index >= 15 is 0 Å². The van der Waals surface area contributed by atoms with Crippen LogP contribution in [0.2, 0.25) is 0 Å². The van der Waals surface area contributed by atoms with E-state index in [2.05, 4.69) is 10.1 Å². The van der Waals surface area contributed by atoms with Crippen molar-refractivity contribution in [2.75, 3.05) is 19.0 Å². The molecule has 0 atom stereocenters. The maximum atomic E-state index is 11.6. The lowest BCUT2D eigenvalue weighted by atomic mass is 10.2. The number of hydrogen-bond donors (Lipinski definition) is 1. The second kappa shape index (κ2) is 8.52. The van der Waals surface area contributed by atoms with E-state index in [4.69, 9.17) is 4.74 Å². The van der Waals surface area contributed by atoms with E-state index in [1.54, 1.807) is 18.2 Å². The van der Waals surface area contributed by atoms with E-state index in [0.29, 0.717) is 17.7 Å². The molecule has 0 aliphatic rings. The predicted molar refractivity (Wildman–Crippen MR) is 76.8 cm³/mol. The van der Waals surface area contributed by atoms with Crippen molar-refractivity contribution < 1.29 is 23.9 Å². The maximum Gasteiger partial charge on any atom is 0.337 e. The van der Waals surface area contributed by atoms with Crippen LogP contribution in [0.15, 0.2) is 36.4 Å². The van der Waals surface area contributed by atoms with Crippen LogP contribution in [0.3, 0.4) is 0 Å². The molecular formula is C15H17NO5. The summed E-state index contributed by atoms with van der Waals surface area (Å²) in [6, 6.07) is 6.17. The molecule has 0 unspecified atom stereocenters. The molecule has 0 aliphatic carbocycles. The Bertz CT molecular complexity index is 533. The molecule has 1 rings (SSSR count). The van der Waals surface area contributed by atoms with E-state index in [0.717, 1.165) is 0 Å². The van der Waals surface area contributed by atoms with Gasteiger partial charge in [0.1, 0.15) is 0 Å². The highest BCUT2D eigenvalue weighted by Crippen LogP contribution is 2.10. The average Bonchev–Trinajstić information content (AvgIpc) is 2.50. The van der Waals surface area contributed by atoms with Crippen LogP contribution < -0.4 is 5.32 Å². The Morgan fingerprint density at radius 1 is 1.19 bits per heavy atom. The molecule has 1 amide bonds. The van der Waals surface area contributed by atoms with Crippen molar-refractivity contribution in [1.29, 1.82) is 0 Å². The molecule has 0 saturated carbocycles. The number of ether oxygens (including phenoxy) is 2. The van der Waals surface area contributed by atoms with Gasteiger partial charge in [0.05, 0.1) is 12.7 Å². The van der Waals surface area contributed by atoms with Gasteiger partial charge in [-0.25, -0.2) is 9.59 Å². The fourth-order valence-electron chi connectivity index (χ4n) is 1.40. The first-order chi connectivity index (χ1) is 10.1. The number of allylic oxidation sites excluding steroid dienone is 1. The lowest BCUT2D eigenvalue weighted by Crippen LogP contribution is -2.20. The second-order valence-electron chi connectivity index (χ2n) is 4.04. The molecule has 0 aromatic heterocycles. The number of carbonyl (C=O) groups is 3. The van der Waals surface area contributed by atoms with Crippen molar-refractivity contribution in [1.82, 2.24) is 0 Å². The minimum atomic E-state index is -0.562. The first kappa shape index (κ1) is 16.4. The fourth-order valence-corrected chi connectivity index (χ4v) is 1.40. The quantitative estimate of drug-likeness (QED) is 0.639. The minimum absolute atomic E-state index is 0.369. The lowest BCUT2D eigenvalue weighted by molar-refractivity contribution is -0.142. The van der Waals surface area contributed by atoms with Crippen molar-refractivity contribution in [3.05, 3.63) is 42.0 Å². The van der Waals surface area contributed by atoms with Gasteiger partial charge < -0.3 is 14.8 Å². The van der Waals surface area contributed by atoms with Gasteiger partial charge in [0, 0.05) is 11.8 Å². The molecule has 0 heterocycles. The van der Waals surface area contributed by atoms with Gasteiger partial charge in [-0.1, -0.05) is 13.0 Å². The highest BCUT2D eigenvalue weighted by atomic mass is 16.5. The SMILES string of the molecule is CC/C=C/C(=O)OCC(=O)Nc1ccc(C(=O)OC)cc1. The maximum absolute atomic E-state index is 11.6. The molecular weight excluding hydrogens is 274 g/mol. The average molecular weight is 291 g/mol. The number of methoxy groups -OCH3 is 1. The van der Waals surface area contributed by atoms with Gasteiger partial charge in [-0.3, -0.25) is 4.79 Å². The number of hydrogen-bond acceptors (Lipinski definition) is 5. The minimum Gasteiger partial charge on any atom is -0.465 e. The lowest BCUT2D eigenvalue weighted by Gasteiger charge is -2.06. The summed E-state index contributed by atoms with van der Waals surface area (Å²) in [4.78, 5) is 34.0. The van der Waals surface area contributed by atoms with Crippen LogP contribution in [-0.2, 0) is 19.1 Å². The first-order valence-corrected chi connectivity index (χ1v) is 6.38. The van der Waals surface area contributed by atoms with Crippen molar-refractivity contribution in [2.45, 2.75) is 13.3 Å². The van der Waals surface area contributed by atoms with Crippen LogP contribution in [-0.4, -0.2) is 31.6 Å². The number of rotatable bonds is 6. The zero-order chi connectivity index (χ0) is 15.7. The van der Waals surface area contributed by atoms with Crippen molar-refractivity contribution in [3.63, 3.8) is 0 Å². The van der Waals surface area contributed by atoms with Gasteiger partial charge in [-0.2, -0.15) is 0 Å². The molecule has 0 fully saturated rings. The van der Waals surface area contributed by atoms with E-state index < -0.39 is 17.8 Å². The number of nitrogens with one attached hydrogen (secondary N) is 1. The van der Waals surface area contributed by atoms with E-state index in [9.17, 15) is 14.4 Å². The van der Waals surface area contributed by atoms with E-state index in [1.807, 2.05) is 6.92 Å². The molecule has 6 nitrogen and oxygen atoms in total. The van der Waals surface area contributed by atoms with Crippen molar-refractivity contribution in [2.24, 2.45) is 0 Å². The molecule has 0 radical (unpaired) electrons. The number of amides is 1. The van der Waals surface area contributed by atoms with Crippen LogP contribution >= 0.6 is 0 Å². The molecule has 0 spiro atoms. The summed E-state index contributed by atoms with van der Waals surface area (Å²) in [5.74, 6) is -1.48. The molecule has 6 heteroatoms. The standard InChI is InChI=1S/C15H17NO5/c1-3-4-5-14(18)21-10-13(17)16-12-8-6-11(7-9-12)15(19)20-2/h4-9H,3,10H2,1-2H3,(H,16,17)/b5-4+. The van der Waals surface area contributed by atoms with Gasteiger partial charge in [-0.15, -0.1) is 0 Å². The van der Waals surface area contributed by atoms with Crippen LogP contribution in [0.1, 0.15) is 23.7 Å². The molecule has 1 aromatic carbocycles. The van der Waals surface area contributed by atoms with Gasteiger partial charge in [-0.05, 0) is 30.7 Å². The molecule has 1 aromatic rings. The summed E-state index contributed by atoms with van der Waals surface area (Å²) < 4.78 is 9.31. The molecule has 0 aliphatic heterocycles. The summed E-state index contributed by atoms with van der Waals surface area (Å²) in [6.45, 7) is 1.51. The summed E-state index contributed by atoms with van der Waals surface area (Å²) in [5, 5.41) is 2.55. The van der Waals surface area contributed by atoms with Gasteiger partial charge in [0.25, 0.3) is 5.91 Å². The monoisotopic (exact) mass is 291 g/mol. The highest BCUT2D eigenvalue weighted by Gasteiger charge is 2.07. The molecule has 21 heavy (non-hydrogen) atoms. The predicted octanol–water partition coefficient (Wildman–Crippen LogP) is 1.92. The zero-order valence-electron chi connectivity index (χ0n) is 11.9. The van der Waals surface area contributed by atoms with Crippen LogP contribution in [0.25, 0.3) is 0 Å². The zero-order valence-corrected chi connectivity index (χ0v) is 11.9. The molecule has 1 N–H and O–H groups in total. The van der Waals surface area contributed by atoms with Crippen LogP contribution in [0.5, 0.6) is 0 Å². The summed E-state index contributed by atoms with van der Waals surface area (Å²) in [6.07, 6.45) is 3.64. The van der Waals surface area contributed by atoms with Crippen molar-refractivity contribution in [3.8, 4) is 0 Å². The van der Waals surface area contributed by atoms with Crippen LogP contribution in [0.4, 0.5) is 5.69 Å². The smallest absolute Gasteiger partial charge is 0.337 e. The van der Waals surface area contributed by atoms with Gasteiger partial charge in [0.2, 0.25) is 0 Å². The summed E-state index contributed by atoms with van der Waals surface area (Å²) in [7, 11) is 1.29. The van der Waals surface area contributed by atoms with Gasteiger partial charge >= 0.3 is 11.9 Å².